The Balaban J connectivity index is 1.72. The number of para-hydroxylation sites is 1. The number of nitrogens with one attached hydrogen (secondary N) is 1. The number of carbonyl (C=O) groups excluding carboxylic acids is 1. The number of aryl methyl sites for hydroxylation is 1. The topological polar surface area (TPSA) is 46.9 Å². The molecule has 0 fully saturated rings. The predicted molar refractivity (Wildman–Crippen MR) is 109 cm³/mol. The van der Waals surface area contributed by atoms with Crippen LogP contribution in [0.3, 0.4) is 0 Å². The zero-order valence-electron chi connectivity index (χ0n) is 14.3. The summed E-state index contributed by atoms with van der Waals surface area (Å²) in [6, 6.07) is 11.2. The standard InChI is InChI=1S/C19H17Cl2N3OS/c1-12-5-3-8-16(13(12)2)24-10-9-22-19(24)26-11-17(25)23-18-14(20)6-4-7-15(18)21/h3-10H,11H2,1-2H3,(H,23,25). The number of anilines is 1. The van der Waals surface area contributed by atoms with Gasteiger partial charge < -0.3 is 5.32 Å². The molecule has 0 saturated carbocycles. The lowest BCUT2D eigenvalue weighted by Crippen LogP contribution is -2.15. The van der Waals surface area contributed by atoms with Gasteiger partial charge in [-0.05, 0) is 43.2 Å². The molecule has 4 nitrogen and oxygen atoms in total. The van der Waals surface area contributed by atoms with Gasteiger partial charge in [-0.25, -0.2) is 4.98 Å². The Kier molecular flexibility index (Phi) is 5.91. The Bertz CT molecular complexity index is 935. The van der Waals surface area contributed by atoms with Crippen molar-refractivity contribution in [2.75, 3.05) is 11.1 Å². The Labute approximate surface area is 166 Å². The quantitative estimate of drug-likeness (QED) is 0.567. The number of amides is 1. The first-order chi connectivity index (χ1) is 12.5. The van der Waals surface area contributed by atoms with Crippen molar-refractivity contribution in [2.24, 2.45) is 0 Å². The van der Waals surface area contributed by atoms with Crippen LogP contribution in [-0.4, -0.2) is 21.2 Å². The highest BCUT2D eigenvalue weighted by molar-refractivity contribution is 7.99. The smallest absolute Gasteiger partial charge is 0.234 e. The largest absolute Gasteiger partial charge is 0.323 e. The Morgan fingerprint density at radius 2 is 1.85 bits per heavy atom. The maximum Gasteiger partial charge on any atom is 0.234 e. The van der Waals surface area contributed by atoms with Crippen LogP contribution >= 0.6 is 35.0 Å². The van der Waals surface area contributed by atoms with E-state index in [1.54, 1.807) is 24.4 Å². The molecule has 2 aromatic carbocycles. The number of thioether (sulfide) groups is 1. The van der Waals surface area contributed by atoms with Crippen molar-refractivity contribution in [2.45, 2.75) is 19.0 Å². The highest BCUT2D eigenvalue weighted by Crippen LogP contribution is 2.30. The second-order valence-corrected chi connectivity index (χ2v) is 7.49. The van der Waals surface area contributed by atoms with Crippen LogP contribution in [0.4, 0.5) is 5.69 Å². The number of rotatable bonds is 5. The molecule has 1 heterocycles. The van der Waals surface area contributed by atoms with E-state index in [9.17, 15) is 4.79 Å². The molecule has 26 heavy (non-hydrogen) atoms. The van der Waals surface area contributed by atoms with Gasteiger partial charge in [-0.15, -0.1) is 0 Å². The van der Waals surface area contributed by atoms with Crippen molar-refractivity contribution in [3.63, 3.8) is 0 Å². The van der Waals surface area contributed by atoms with Crippen LogP contribution in [-0.2, 0) is 4.79 Å². The number of hydrogen-bond acceptors (Lipinski definition) is 3. The maximum absolute atomic E-state index is 12.3. The monoisotopic (exact) mass is 405 g/mol. The summed E-state index contributed by atoms with van der Waals surface area (Å²) in [7, 11) is 0. The lowest BCUT2D eigenvalue weighted by atomic mass is 10.1. The SMILES string of the molecule is Cc1cccc(-n2ccnc2SCC(=O)Nc2c(Cl)cccc2Cl)c1C. The van der Waals surface area contributed by atoms with Crippen molar-refractivity contribution in [1.29, 1.82) is 0 Å². The summed E-state index contributed by atoms with van der Waals surface area (Å²) < 4.78 is 1.99. The maximum atomic E-state index is 12.3. The molecule has 0 aliphatic carbocycles. The van der Waals surface area contributed by atoms with Crippen molar-refractivity contribution in [3.8, 4) is 5.69 Å². The minimum absolute atomic E-state index is 0.194. The van der Waals surface area contributed by atoms with E-state index in [-0.39, 0.29) is 11.7 Å². The summed E-state index contributed by atoms with van der Waals surface area (Å²) in [5.74, 6) is 0.00388. The van der Waals surface area contributed by atoms with Crippen molar-refractivity contribution in [1.82, 2.24) is 9.55 Å². The Hall–Kier alpha value is -1.95. The van der Waals surface area contributed by atoms with Crippen LogP contribution in [0.25, 0.3) is 5.69 Å². The highest BCUT2D eigenvalue weighted by atomic mass is 35.5. The van der Waals surface area contributed by atoms with Crippen LogP contribution in [0.1, 0.15) is 11.1 Å². The molecule has 1 aromatic heterocycles. The van der Waals surface area contributed by atoms with Crippen LogP contribution in [0, 0.1) is 13.8 Å². The number of hydrogen-bond donors (Lipinski definition) is 1. The van der Waals surface area contributed by atoms with Gasteiger partial charge in [0.1, 0.15) is 0 Å². The first-order valence-corrected chi connectivity index (χ1v) is 9.68. The third-order valence-electron chi connectivity index (χ3n) is 4.00. The molecule has 134 valence electrons. The van der Waals surface area contributed by atoms with Gasteiger partial charge in [0.05, 0.1) is 27.2 Å². The molecule has 1 amide bonds. The van der Waals surface area contributed by atoms with Gasteiger partial charge >= 0.3 is 0 Å². The summed E-state index contributed by atoms with van der Waals surface area (Å²) in [5, 5.41) is 4.33. The Morgan fingerprint density at radius 1 is 1.15 bits per heavy atom. The molecule has 0 radical (unpaired) electrons. The van der Waals surface area contributed by atoms with E-state index < -0.39 is 0 Å². The first kappa shape index (κ1) is 18.8. The average molecular weight is 406 g/mol. The van der Waals surface area contributed by atoms with E-state index in [0.29, 0.717) is 15.7 Å². The number of imidazole rings is 1. The zero-order valence-corrected chi connectivity index (χ0v) is 16.6. The summed E-state index contributed by atoms with van der Waals surface area (Å²) in [6.45, 7) is 4.15. The molecule has 0 aliphatic heterocycles. The van der Waals surface area contributed by atoms with Gasteiger partial charge in [0, 0.05) is 12.4 Å². The molecule has 0 spiro atoms. The molecule has 0 saturated heterocycles. The highest BCUT2D eigenvalue weighted by Gasteiger charge is 2.13. The van der Waals surface area contributed by atoms with Gasteiger partial charge in [-0.2, -0.15) is 0 Å². The van der Waals surface area contributed by atoms with Crippen LogP contribution in [0.5, 0.6) is 0 Å². The molecule has 0 bridgehead atoms. The lowest BCUT2D eigenvalue weighted by Gasteiger charge is -2.12. The van der Waals surface area contributed by atoms with Crippen LogP contribution in [0.15, 0.2) is 53.9 Å². The zero-order chi connectivity index (χ0) is 18.7. The fourth-order valence-electron chi connectivity index (χ4n) is 2.50. The molecule has 0 aliphatic rings. The van der Waals surface area contributed by atoms with Gasteiger partial charge in [-0.3, -0.25) is 9.36 Å². The molecule has 0 unspecified atom stereocenters. The van der Waals surface area contributed by atoms with E-state index in [1.807, 2.05) is 22.9 Å². The summed E-state index contributed by atoms with van der Waals surface area (Å²) in [5.41, 5.74) is 3.87. The number of aromatic nitrogens is 2. The molecule has 7 heteroatoms. The second kappa shape index (κ2) is 8.16. The molecule has 3 rings (SSSR count). The van der Waals surface area contributed by atoms with Crippen molar-refractivity contribution in [3.05, 3.63) is 70.0 Å². The third-order valence-corrected chi connectivity index (χ3v) is 5.60. The third kappa shape index (κ3) is 4.06. The van der Waals surface area contributed by atoms with Crippen molar-refractivity contribution >= 4 is 46.6 Å². The first-order valence-electron chi connectivity index (χ1n) is 7.94. The predicted octanol–water partition coefficient (Wildman–Crippen LogP) is 5.53. The van der Waals surface area contributed by atoms with Gasteiger partial charge in [0.25, 0.3) is 0 Å². The summed E-state index contributed by atoms with van der Waals surface area (Å²) >= 11 is 13.5. The number of nitrogens with zero attached hydrogens (tertiary/aromatic N) is 2. The molecule has 0 atom stereocenters. The van der Waals surface area contributed by atoms with E-state index in [0.717, 1.165) is 10.8 Å². The lowest BCUT2D eigenvalue weighted by molar-refractivity contribution is -0.113. The van der Waals surface area contributed by atoms with Crippen molar-refractivity contribution < 1.29 is 4.79 Å². The second-order valence-electron chi connectivity index (χ2n) is 5.73. The van der Waals surface area contributed by atoms with E-state index >= 15 is 0 Å². The number of carbonyl (C=O) groups is 1. The minimum Gasteiger partial charge on any atom is -0.323 e. The van der Waals surface area contributed by atoms with E-state index in [2.05, 4.69) is 30.2 Å². The molecular weight excluding hydrogens is 389 g/mol. The van der Waals surface area contributed by atoms with E-state index in [4.69, 9.17) is 23.2 Å². The Morgan fingerprint density at radius 3 is 2.58 bits per heavy atom. The van der Waals surface area contributed by atoms with E-state index in [1.165, 1.54) is 22.9 Å². The normalized spacial score (nSPS) is 10.8. The van der Waals surface area contributed by atoms with Gasteiger partial charge in [0.15, 0.2) is 5.16 Å². The fourth-order valence-corrected chi connectivity index (χ4v) is 3.76. The summed E-state index contributed by atoms with van der Waals surface area (Å²) in [4.78, 5) is 16.7. The number of halogens is 2. The molecule has 3 aromatic rings. The average Bonchev–Trinajstić information content (AvgIpc) is 3.07. The van der Waals surface area contributed by atoms with Gasteiger partial charge in [-0.1, -0.05) is 53.2 Å². The molecule has 1 N–H and O–H groups in total. The number of benzene rings is 2. The minimum atomic E-state index is -0.194. The van der Waals surface area contributed by atoms with Crippen LogP contribution < -0.4 is 5.32 Å². The fraction of sp³-hybridized carbons (Fsp3) is 0.158. The summed E-state index contributed by atoms with van der Waals surface area (Å²) in [6.07, 6.45) is 3.62. The van der Waals surface area contributed by atoms with Gasteiger partial charge in [0.2, 0.25) is 5.91 Å². The van der Waals surface area contributed by atoms with Crippen LogP contribution in [0.2, 0.25) is 10.0 Å². The molecular formula is C19H17Cl2N3OS.